The Balaban J connectivity index is 1.71. The van der Waals surface area contributed by atoms with Crippen molar-refractivity contribution in [3.63, 3.8) is 0 Å². The van der Waals surface area contributed by atoms with Crippen molar-refractivity contribution in [1.29, 1.82) is 0 Å². The lowest BCUT2D eigenvalue weighted by Gasteiger charge is -2.52. The highest BCUT2D eigenvalue weighted by atomic mass is 16.7. The maximum Gasteiger partial charge on any atom is 0.457 e. The Morgan fingerprint density at radius 1 is 0.952 bits per heavy atom. The van der Waals surface area contributed by atoms with E-state index < -0.39 is 46.6 Å². The fraction of sp³-hybridized carbons (Fsp3) is 0.529. The van der Waals surface area contributed by atoms with Crippen molar-refractivity contribution < 1.29 is 28.4 Å². The van der Waals surface area contributed by atoms with Gasteiger partial charge >= 0.3 is 19.2 Å². The molecule has 0 N–H and O–H groups in total. The fourth-order valence-corrected chi connectivity index (χ4v) is 5.81. The van der Waals surface area contributed by atoms with E-state index in [1.807, 2.05) is 109 Å². The average molecular weight is 576 g/mol. The van der Waals surface area contributed by atoms with Crippen molar-refractivity contribution in [1.82, 2.24) is 4.90 Å². The van der Waals surface area contributed by atoms with Gasteiger partial charge in [-0.05, 0) is 78.8 Å². The quantitative estimate of drug-likeness (QED) is 0.131. The van der Waals surface area contributed by atoms with E-state index in [0.29, 0.717) is 19.2 Å². The largest absolute Gasteiger partial charge is 0.457 e. The summed E-state index contributed by atoms with van der Waals surface area (Å²) < 4.78 is 24.7. The van der Waals surface area contributed by atoms with Crippen LogP contribution in [-0.4, -0.2) is 46.4 Å². The van der Waals surface area contributed by atoms with Crippen LogP contribution < -0.4 is 0 Å². The lowest BCUT2D eigenvalue weighted by atomic mass is 9.78. The van der Waals surface area contributed by atoms with Gasteiger partial charge in [0.2, 0.25) is 0 Å². The van der Waals surface area contributed by atoms with Gasteiger partial charge in [-0.15, -0.1) is 6.58 Å². The van der Waals surface area contributed by atoms with Gasteiger partial charge in [-0.1, -0.05) is 79.6 Å². The number of unbranched alkanes of at least 4 members (excludes halogenated alkanes) is 1. The highest BCUT2D eigenvalue weighted by Crippen LogP contribution is 2.49. The topological polar surface area (TPSA) is 74.3 Å². The number of carbonyl (C=O) groups excluding carboxylic acids is 2. The van der Waals surface area contributed by atoms with E-state index in [1.54, 1.807) is 11.0 Å². The fourth-order valence-electron chi connectivity index (χ4n) is 5.81. The minimum absolute atomic E-state index is 0.229. The van der Waals surface area contributed by atoms with E-state index in [-0.39, 0.29) is 13.5 Å². The summed E-state index contributed by atoms with van der Waals surface area (Å²) in [4.78, 5) is 30.1. The summed E-state index contributed by atoms with van der Waals surface area (Å²) in [5, 5.41) is 0. The predicted molar refractivity (Wildman–Crippen MR) is 165 cm³/mol. The number of nitrogens with zero attached hydrogens (tertiary/aromatic N) is 1. The zero-order valence-electron chi connectivity index (χ0n) is 26.2. The lowest BCUT2D eigenvalue weighted by Crippen LogP contribution is -2.64. The average Bonchev–Trinajstić information content (AvgIpc) is 3.13. The maximum absolute atomic E-state index is 14.2. The number of benzene rings is 2. The van der Waals surface area contributed by atoms with Gasteiger partial charge in [0.1, 0.15) is 17.2 Å². The molecular formula is C34H46BNO6. The van der Waals surface area contributed by atoms with Crippen molar-refractivity contribution >= 4 is 19.2 Å². The van der Waals surface area contributed by atoms with Crippen LogP contribution in [0.25, 0.3) is 0 Å². The van der Waals surface area contributed by atoms with Crippen molar-refractivity contribution in [2.45, 2.75) is 115 Å². The Labute approximate surface area is 251 Å². The zero-order chi connectivity index (χ0) is 30.8. The van der Waals surface area contributed by atoms with Gasteiger partial charge in [0.05, 0.1) is 11.2 Å². The Hall–Kier alpha value is -3.10. The van der Waals surface area contributed by atoms with E-state index >= 15 is 0 Å². The molecule has 42 heavy (non-hydrogen) atoms. The van der Waals surface area contributed by atoms with Gasteiger partial charge in [-0.3, -0.25) is 4.90 Å². The molecule has 8 heteroatoms. The molecule has 2 saturated heterocycles. The molecule has 0 bridgehead atoms. The van der Waals surface area contributed by atoms with Crippen LogP contribution in [0.2, 0.25) is 6.32 Å². The standard InChI is InChI=1S/C34H46BNO6/c1-9-22-34(23-16-17-24-35-41-32(5,6)33(7,8)42-35)29(37)39-28(26-20-14-11-15-21-26)27(25-18-12-10-13-19-25)36(34)30(38)40-31(2,3)4/h9-15,18-21,27-28H,1,16-17,22-24H2,2-8H3. The number of morpholine rings is 1. The van der Waals surface area contributed by atoms with Gasteiger partial charge in [0, 0.05) is 0 Å². The third-order valence-corrected chi connectivity index (χ3v) is 8.56. The summed E-state index contributed by atoms with van der Waals surface area (Å²) in [5.74, 6) is -0.454. The second-order valence-electron chi connectivity index (χ2n) is 13.4. The highest BCUT2D eigenvalue weighted by molar-refractivity contribution is 6.45. The molecule has 0 aromatic heterocycles. The van der Waals surface area contributed by atoms with Crippen molar-refractivity contribution in [3.8, 4) is 0 Å². The SMILES string of the molecule is C=CCC1(CCCCB2OC(C)(C)C(C)(C)O2)C(=O)OC(c2ccccc2)C(c2ccccc2)N1C(=O)OC(C)(C)C. The first-order valence-corrected chi connectivity index (χ1v) is 15.0. The minimum atomic E-state index is -1.30. The number of esters is 1. The van der Waals surface area contributed by atoms with Crippen LogP contribution in [-0.2, 0) is 23.6 Å². The van der Waals surface area contributed by atoms with Crippen molar-refractivity contribution in [3.05, 3.63) is 84.4 Å². The Morgan fingerprint density at radius 2 is 1.50 bits per heavy atom. The summed E-state index contributed by atoms with van der Waals surface area (Å²) in [5.41, 5.74) is -1.21. The van der Waals surface area contributed by atoms with E-state index in [0.717, 1.165) is 17.5 Å². The molecule has 2 aliphatic heterocycles. The molecule has 0 spiro atoms. The number of hydrogen-bond acceptors (Lipinski definition) is 6. The third kappa shape index (κ3) is 6.60. The van der Waals surface area contributed by atoms with Crippen molar-refractivity contribution in [2.24, 2.45) is 0 Å². The first kappa shape index (κ1) is 31.8. The normalized spacial score (nSPS) is 25.2. The monoisotopic (exact) mass is 575 g/mol. The van der Waals surface area contributed by atoms with Crippen molar-refractivity contribution in [2.75, 3.05) is 0 Å². The molecule has 1 amide bonds. The van der Waals surface area contributed by atoms with Gasteiger partial charge < -0.3 is 18.8 Å². The number of hydrogen-bond donors (Lipinski definition) is 0. The summed E-state index contributed by atoms with van der Waals surface area (Å²) in [6.07, 6.45) is 3.09. The highest BCUT2D eigenvalue weighted by Gasteiger charge is 2.58. The molecule has 0 saturated carbocycles. The molecule has 4 rings (SSSR count). The molecule has 7 nitrogen and oxygen atoms in total. The summed E-state index contributed by atoms with van der Waals surface area (Å²) >= 11 is 0. The van der Waals surface area contributed by atoms with Gasteiger partial charge in [-0.25, -0.2) is 9.59 Å². The maximum atomic E-state index is 14.2. The molecule has 2 aromatic rings. The first-order chi connectivity index (χ1) is 19.7. The molecule has 0 aliphatic carbocycles. The molecule has 2 heterocycles. The minimum Gasteiger partial charge on any atom is -0.453 e. The molecule has 2 aromatic carbocycles. The predicted octanol–water partition coefficient (Wildman–Crippen LogP) is 7.84. The molecule has 226 valence electrons. The van der Waals surface area contributed by atoms with E-state index in [2.05, 4.69) is 6.58 Å². The number of carbonyl (C=O) groups is 2. The van der Waals surface area contributed by atoms with Crippen LogP contribution in [0.1, 0.15) is 97.4 Å². The van der Waals surface area contributed by atoms with Crippen LogP contribution in [0.4, 0.5) is 4.79 Å². The van der Waals surface area contributed by atoms with Crippen LogP contribution in [0.5, 0.6) is 0 Å². The second-order valence-corrected chi connectivity index (χ2v) is 13.4. The smallest absolute Gasteiger partial charge is 0.453 e. The Morgan fingerprint density at radius 3 is 2.02 bits per heavy atom. The molecule has 0 radical (unpaired) electrons. The third-order valence-electron chi connectivity index (χ3n) is 8.56. The zero-order valence-corrected chi connectivity index (χ0v) is 26.2. The molecule has 2 aliphatic rings. The summed E-state index contributed by atoms with van der Waals surface area (Å²) in [6.45, 7) is 17.6. The summed E-state index contributed by atoms with van der Waals surface area (Å²) in [7, 11) is -0.329. The van der Waals surface area contributed by atoms with Gasteiger partial charge in [0.25, 0.3) is 0 Å². The van der Waals surface area contributed by atoms with Crippen LogP contribution >= 0.6 is 0 Å². The molecular weight excluding hydrogens is 529 g/mol. The number of cyclic esters (lactones) is 1. The van der Waals surface area contributed by atoms with E-state index in [1.165, 1.54) is 0 Å². The number of amides is 1. The van der Waals surface area contributed by atoms with E-state index in [4.69, 9.17) is 18.8 Å². The Kier molecular flexibility index (Phi) is 9.29. The Bertz CT molecular complexity index is 1230. The van der Waals surface area contributed by atoms with Crippen LogP contribution in [0, 0.1) is 0 Å². The molecule has 2 fully saturated rings. The number of ether oxygens (including phenoxy) is 2. The van der Waals surface area contributed by atoms with Gasteiger partial charge in [-0.2, -0.15) is 0 Å². The van der Waals surface area contributed by atoms with E-state index in [9.17, 15) is 9.59 Å². The summed E-state index contributed by atoms with van der Waals surface area (Å²) in [6, 6.07) is 18.7. The molecule has 3 unspecified atom stereocenters. The lowest BCUT2D eigenvalue weighted by molar-refractivity contribution is -0.189. The van der Waals surface area contributed by atoms with Gasteiger partial charge in [0.15, 0.2) is 6.10 Å². The van der Waals surface area contributed by atoms with Crippen LogP contribution in [0.3, 0.4) is 0 Å². The van der Waals surface area contributed by atoms with Crippen LogP contribution in [0.15, 0.2) is 73.3 Å². The molecule has 3 atom stereocenters. The second kappa shape index (κ2) is 12.3. The first-order valence-electron chi connectivity index (χ1n) is 15.0. The number of rotatable bonds is 9.